The minimum absolute atomic E-state index is 0.524. The third kappa shape index (κ3) is 2.06. The number of nitrogens with zero attached hydrogens (tertiary/aromatic N) is 2. The van der Waals surface area contributed by atoms with Crippen molar-refractivity contribution in [2.75, 3.05) is 0 Å². The first-order chi connectivity index (χ1) is 7.09. The van der Waals surface area contributed by atoms with E-state index in [0.717, 1.165) is 4.96 Å². The van der Waals surface area contributed by atoms with Crippen LogP contribution in [-0.4, -0.2) is 14.6 Å². The van der Waals surface area contributed by atoms with Crippen molar-refractivity contribution in [3.8, 4) is 0 Å². The zero-order chi connectivity index (χ0) is 11.0. The lowest BCUT2D eigenvalue weighted by Gasteiger charge is -2.08. The molecule has 2 heterocycles. The third-order valence-corrected chi connectivity index (χ3v) is 3.91. The summed E-state index contributed by atoms with van der Waals surface area (Å²) in [6.45, 7) is 8.88. The molecule has 0 N–H and O–H groups in total. The van der Waals surface area contributed by atoms with Crippen LogP contribution in [0.5, 0.6) is 0 Å². The molecule has 0 aliphatic heterocycles. The van der Waals surface area contributed by atoms with Crippen LogP contribution >= 0.6 is 23.1 Å². The molecule has 15 heavy (non-hydrogen) atoms. The average Bonchev–Trinajstić information content (AvgIpc) is 2.60. The van der Waals surface area contributed by atoms with Crippen LogP contribution in [0.3, 0.4) is 0 Å². The van der Waals surface area contributed by atoms with Crippen LogP contribution in [0.1, 0.15) is 39.3 Å². The Morgan fingerprint density at radius 3 is 2.67 bits per heavy atom. The summed E-state index contributed by atoms with van der Waals surface area (Å²) in [7, 11) is 0. The molecule has 2 nitrogen and oxygen atoms in total. The molecule has 0 saturated heterocycles. The van der Waals surface area contributed by atoms with Crippen molar-refractivity contribution in [2.45, 2.75) is 43.9 Å². The molecule has 0 aliphatic rings. The topological polar surface area (TPSA) is 17.3 Å². The number of thiazole rings is 1. The van der Waals surface area contributed by atoms with Crippen LogP contribution in [0.2, 0.25) is 0 Å². The lowest BCUT2D eigenvalue weighted by atomic mass is 10.1. The zero-order valence-electron chi connectivity index (χ0n) is 9.52. The van der Waals surface area contributed by atoms with E-state index in [-0.39, 0.29) is 0 Å². The summed E-state index contributed by atoms with van der Waals surface area (Å²) < 4.78 is 2.22. The predicted octanol–water partition coefficient (Wildman–Crippen LogP) is 4.02. The number of hydrogen-bond acceptors (Lipinski definition) is 3. The molecule has 0 saturated carbocycles. The maximum Gasteiger partial charge on any atom is 0.194 e. The first kappa shape index (κ1) is 11.0. The number of rotatable bonds is 3. The largest absolute Gasteiger partial charge is 0.293 e. The van der Waals surface area contributed by atoms with E-state index in [1.165, 1.54) is 10.7 Å². The highest BCUT2D eigenvalue weighted by molar-refractivity contribution is 7.99. The normalized spacial score (nSPS) is 12.1. The van der Waals surface area contributed by atoms with Crippen molar-refractivity contribution in [1.29, 1.82) is 0 Å². The molecule has 0 aliphatic carbocycles. The second-order valence-corrected chi connectivity index (χ2v) is 6.62. The Labute approximate surface area is 98.7 Å². The predicted molar refractivity (Wildman–Crippen MR) is 68.2 cm³/mol. The van der Waals surface area contributed by atoms with E-state index in [1.807, 2.05) is 11.8 Å². The van der Waals surface area contributed by atoms with Crippen LogP contribution in [-0.2, 0) is 0 Å². The van der Waals surface area contributed by atoms with E-state index in [9.17, 15) is 0 Å². The smallest absolute Gasteiger partial charge is 0.194 e. The highest BCUT2D eigenvalue weighted by atomic mass is 32.2. The zero-order valence-corrected chi connectivity index (χ0v) is 11.2. The van der Waals surface area contributed by atoms with Crippen LogP contribution in [0.4, 0.5) is 0 Å². The number of thioether (sulfide) groups is 1. The first-order valence-corrected chi connectivity index (χ1v) is 6.97. The van der Waals surface area contributed by atoms with Crippen molar-refractivity contribution in [1.82, 2.24) is 9.38 Å². The number of fused-ring (bicyclic) bond motifs is 1. The molecular formula is C11H16N2S2. The molecule has 0 bridgehead atoms. The summed E-state index contributed by atoms with van der Waals surface area (Å²) in [5.74, 6) is 0.524. The fourth-order valence-electron chi connectivity index (χ4n) is 1.62. The van der Waals surface area contributed by atoms with Gasteiger partial charge in [-0.25, -0.2) is 4.98 Å². The Kier molecular flexibility index (Phi) is 3.07. The van der Waals surface area contributed by atoms with E-state index >= 15 is 0 Å². The van der Waals surface area contributed by atoms with Crippen LogP contribution in [0.25, 0.3) is 4.96 Å². The van der Waals surface area contributed by atoms with Gasteiger partial charge < -0.3 is 0 Å². The fraction of sp³-hybridized carbons (Fsp3) is 0.545. The standard InChI is InChI=1S/C11H16N2S2/c1-7(2)9-10(15-8(3)4)12-11-13(9)5-6-14-11/h5-8H,1-4H3. The summed E-state index contributed by atoms with van der Waals surface area (Å²) in [6, 6.07) is 0. The van der Waals surface area contributed by atoms with Gasteiger partial charge in [0.1, 0.15) is 5.03 Å². The molecule has 2 rings (SSSR count). The van der Waals surface area contributed by atoms with Gasteiger partial charge in [-0.1, -0.05) is 27.7 Å². The van der Waals surface area contributed by atoms with Gasteiger partial charge in [0.15, 0.2) is 4.96 Å². The SMILES string of the molecule is CC(C)Sc1nc2sccn2c1C(C)C. The Bertz CT molecular complexity index is 454. The van der Waals surface area contributed by atoms with Gasteiger partial charge in [-0.2, -0.15) is 0 Å². The Hall–Kier alpha value is -0.480. The van der Waals surface area contributed by atoms with E-state index < -0.39 is 0 Å². The molecule has 0 amide bonds. The maximum atomic E-state index is 4.68. The van der Waals surface area contributed by atoms with Gasteiger partial charge in [0.2, 0.25) is 0 Å². The van der Waals surface area contributed by atoms with E-state index in [2.05, 4.69) is 48.7 Å². The molecule has 2 aromatic heterocycles. The maximum absolute atomic E-state index is 4.68. The number of imidazole rings is 1. The highest BCUT2D eigenvalue weighted by Crippen LogP contribution is 2.32. The molecule has 0 fully saturated rings. The second-order valence-electron chi connectivity index (χ2n) is 4.18. The van der Waals surface area contributed by atoms with E-state index in [0.29, 0.717) is 11.2 Å². The first-order valence-electron chi connectivity index (χ1n) is 5.21. The van der Waals surface area contributed by atoms with Crippen molar-refractivity contribution < 1.29 is 0 Å². The quantitative estimate of drug-likeness (QED) is 0.754. The Balaban J connectivity index is 2.52. The van der Waals surface area contributed by atoms with Crippen molar-refractivity contribution in [3.63, 3.8) is 0 Å². The van der Waals surface area contributed by atoms with Crippen molar-refractivity contribution >= 4 is 28.1 Å². The molecule has 0 unspecified atom stereocenters. The Morgan fingerprint density at radius 2 is 2.07 bits per heavy atom. The number of aromatic nitrogens is 2. The van der Waals surface area contributed by atoms with Gasteiger partial charge >= 0.3 is 0 Å². The summed E-state index contributed by atoms with van der Waals surface area (Å²) in [5.41, 5.74) is 1.35. The van der Waals surface area contributed by atoms with Crippen LogP contribution in [0, 0.1) is 0 Å². The lowest BCUT2D eigenvalue weighted by Crippen LogP contribution is -1.96. The summed E-state index contributed by atoms with van der Waals surface area (Å²) in [6.07, 6.45) is 2.12. The van der Waals surface area contributed by atoms with E-state index in [4.69, 9.17) is 0 Å². The van der Waals surface area contributed by atoms with Crippen LogP contribution in [0.15, 0.2) is 16.6 Å². The second kappa shape index (κ2) is 4.18. The highest BCUT2D eigenvalue weighted by Gasteiger charge is 2.17. The molecule has 0 aromatic carbocycles. The van der Waals surface area contributed by atoms with Crippen molar-refractivity contribution in [2.24, 2.45) is 0 Å². The lowest BCUT2D eigenvalue weighted by molar-refractivity contribution is 0.783. The number of hydrogen-bond donors (Lipinski definition) is 0. The van der Waals surface area contributed by atoms with Crippen molar-refractivity contribution in [3.05, 3.63) is 17.3 Å². The fourth-order valence-corrected chi connectivity index (χ4v) is 3.44. The summed E-state index contributed by atoms with van der Waals surface area (Å²) >= 11 is 3.56. The monoisotopic (exact) mass is 240 g/mol. The molecule has 82 valence electrons. The van der Waals surface area contributed by atoms with Gasteiger partial charge in [-0.15, -0.1) is 23.1 Å². The van der Waals surface area contributed by atoms with E-state index in [1.54, 1.807) is 11.3 Å². The Morgan fingerprint density at radius 1 is 1.33 bits per heavy atom. The van der Waals surface area contributed by atoms with Gasteiger partial charge in [0, 0.05) is 16.8 Å². The van der Waals surface area contributed by atoms with Crippen LogP contribution < -0.4 is 0 Å². The molecule has 0 spiro atoms. The van der Waals surface area contributed by atoms with Gasteiger partial charge in [0.05, 0.1) is 5.69 Å². The minimum Gasteiger partial charge on any atom is -0.293 e. The summed E-state index contributed by atoms with van der Waals surface area (Å²) in [4.78, 5) is 5.79. The molecular weight excluding hydrogens is 224 g/mol. The third-order valence-electron chi connectivity index (χ3n) is 2.16. The van der Waals surface area contributed by atoms with Gasteiger partial charge in [-0.05, 0) is 5.92 Å². The summed E-state index contributed by atoms with van der Waals surface area (Å²) in [5, 5.41) is 3.89. The molecule has 2 aromatic rings. The molecule has 0 atom stereocenters. The average molecular weight is 240 g/mol. The minimum atomic E-state index is 0.524. The van der Waals surface area contributed by atoms with Gasteiger partial charge in [-0.3, -0.25) is 4.40 Å². The molecule has 0 radical (unpaired) electrons. The van der Waals surface area contributed by atoms with Gasteiger partial charge in [0.25, 0.3) is 0 Å². The molecule has 4 heteroatoms.